The molecule has 0 saturated carbocycles. The highest BCUT2D eigenvalue weighted by Crippen LogP contribution is 2.50. The van der Waals surface area contributed by atoms with Crippen molar-refractivity contribution in [3.8, 4) is 27.9 Å². The molecule has 0 atom stereocenters. The molecule has 0 saturated heterocycles. The molecule has 7 aromatic carbocycles. The van der Waals surface area contributed by atoms with Gasteiger partial charge in [0.05, 0.1) is 11.0 Å². The van der Waals surface area contributed by atoms with Crippen LogP contribution in [0.5, 0.6) is 0 Å². The van der Waals surface area contributed by atoms with E-state index in [2.05, 4.69) is 203 Å². The molecule has 0 N–H and O–H groups in total. The number of para-hydroxylation sites is 3. The molecule has 230 valence electrons. The van der Waals surface area contributed by atoms with Crippen molar-refractivity contribution in [2.24, 2.45) is 0 Å². The van der Waals surface area contributed by atoms with Gasteiger partial charge in [-0.25, -0.2) is 0 Å². The average Bonchev–Trinajstić information content (AvgIpc) is 3.57. The maximum Gasteiger partial charge on any atom is 0.0541 e. The lowest BCUT2D eigenvalue weighted by Crippen LogP contribution is -2.16. The Morgan fingerprint density at radius 1 is 0.479 bits per heavy atom. The third kappa shape index (κ3) is 4.53. The highest BCUT2D eigenvalue weighted by molar-refractivity contribution is 9.10. The van der Waals surface area contributed by atoms with Crippen LogP contribution in [-0.4, -0.2) is 4.57 Å². The van der Waals surface area contributed by atoms with Gasteiger partial charge in [-0.1, -0.05) is 127 Å². The van der Waals surface area contributed by atoms with Crippen LogP contribution in [0.2, 0.25) is 0 Å². The van der Waals surface area contributed by atoms with E-state index in [1.165, 1.54) is 49.6 Å². The highest BCUT2D eigenvalue weighted by Gasteiger charge is 2.35. The number of halogens is 1. The van der Waals surface area contributed by atoms with E-state index in [4.69, 9.17) is 0 Å². The summed E-state index contributed by atoms with van der Waals surface area (Å²) in [6.07, 6.45) is 0. The second-order valence-corrected chi connectivity index (χ2v) is 14.1. The van der Waals surface area contributed by atoms with Crippen molar-refractivity contribution in [1.82, 2.24) is 4.57 Å². The van der Waals surface area contributed by atoms with Crippen LogP contribution in [-0.2, 0) is 5.41 Å². The van der Waals surface area contributed by atoms with Crippen LogP contribution in [0.1, 0.15) is 25.0 Å². The van der Waals surface area contributed by atoms with Crippen LogP contribution >= 0.6 is 15.9 Å². The Bertz CT molecular complexity index is 2440. The van der Waals surface area contributed by atoms with Gasteiger partial charge in [0.25, 0.3) is 0 Å². The standard InChI is InChI=1S/C45H33BrN2/c1-45(2)41-17-9-6-14-37(41)38-25-24-35(29-42(38)45)47(33-12-4-3-5-13-33)36-27-31(26-32(46)28-36)30-20-22-34(23-21-30)48-43-18-10-7-15-39(43)40-16-8-11-19-44(40)48/h3-29H,1-2H3. The Morgan fingerprint density at radius 3 is 1.83 bits per heavy atom. The number of hydrogen-bond donors (Lipinski definition) is 0. The molecule has 9 rings (SSSR count). The van der Waals surface area contributed by atoms with Crippen LogP contribution in [0.15, 0.2) is 168 Å². The maximum atomic E-state index is 3.88. The smallest absolute Gasteiger partial charge is 0.0541 e. The third-order valence-electron chi connectivity index (χ3n) is 10.0. The van der Waals surface area contributed by atoms with Gasteiger partial charge >= 0.3 is 0 Å². The normalized spacial score (nSPS) is 13.1. The second kappa shape index (κ2) is 11.1. The van der Waals surface area contributed by atoms with E-state index in [0.717, 1.165) is 32.8 Å². The van der Waals surface area contributed by atoms with Gasteiger partial charge in [-0.05, 0) is 100 Å². The fraction of sp³-hybridized carbons (Fsp3) is 0.0667. The molecule has 2 nitrogen and oxygen atoms in total. The van der Waals surface area contributed by atoms with Crippen LogP contribution in [0.3, 0.4) is 0 Å². The molecule has 8 aromatic rings. The molecule has 48 heavy (non-hydrogen) atoms. The Morgan fingerprint density at radius 2 is 1.10 bits per heavy atom. The predicted molar refractivity (Wildman–Crippen MR) is 206 cm³/mol. The van der Waals surface area contributed by atoms with Crippen molar-refractivity contribution in [3.05, 3.63) is 179 Å². The molecular formula is C45H33BrN2. The predicted octanol–water partition coefficient (Wildman–Crippen LogP) is 13.0. The van der Waals surface area contributed by atoms with Gasteiger partial charge in [0.1, 0.15) is 0 Å². The molecule has 1 aliphatic rings. The minimum Gasteiger partial charge on any atom is -0.310 e. The van der Waals surface area contributed by atoms with Crippen molar-refractivity contribution < 1.29 is 0 Å². The fourth-order valence-corrected chi connectivity index (χ4v) is 8.21. The molecule has 1 heterocycles. The van der Waals surface area contributed by atoms with Crippen molar-refractivity contribution in [1.29, 1.82) is 0 Å². The summed E-state index contributed by atoms with van der Waals surface area (Å²) < 4.78 is 3.40. The molecule has 0 bridgehead atoms. The molecule has 0 spiro atoms. The van der Waals surface area contributed by atoms with E-state index < -0.39 is 0 Å². The molecule has 0 unspecified atom stereocenters. The van der Waals surface area contributed by atoms with E-state index in [1.807, 2.05) is 0 Å². The van der Waals surface area contributed by atoms with Crippen LogP contribution < -0.4 is 4.90 Å². The SMILES string of the molecule is CC1(C)c2ccccc2-c2ccc(N(c3ccccc3)c3cc(Br)cc(-c4ccc(-n5c6ccccc6c6ccccc65)cc4)c3)cc21. The summed E-state index contributed by atoms with van der Waals surface area (Å²) in [5.41, 5.74) is 14.6. The summed E-state index contributed by atoms with van der Waals surface area (Å²) in [4.78, 5) is 2.38. The third-order valence-corrected chi connectivity index (χ3v) is 10.5. The summed E-state index contributed by atoms with van der Waals surface area (Å²) in [5, 5.41) is 2.54. The number of rotatable bonds is 5. The lowest BCUT2D eigenvalue weighted by atomic mass is 9.82. The first-order chi connectivity index (χ1) is 23.5. The van der Waals surface area contributed by atoms with Crippen LogP contribution in [0.25, 0.3) is 49.7 Å². The second-order valence-electron chi connectivity index (χ2n) is 13.2. The number of fused-ring (bicyclic) bond motifs is 6. The van der Waals surface area contributed by atoms with Gasteiger partial charge in [0.15, 0.2) is 0 Å². The first-order valence-electron chi connectivity index (χ1n) is 16.5. The Hall–Kier alpha value is -5.38. The molecule has 1 aromatic heterocycles. The van der Waals surface area contributed by atoms with Gasteiger partial charge in [-0.2, -0.15) is 0 Å². The number of benzene rings is 7. The molecule has 0 fully saturated rings. The van der Waals surface area contributed by atoms with Crippen LogP contribution in [0, 0.1) is 0 Å². The quantitative estimate of drug-likeness (QED) is 0.176. The molecule has 1 aliphatic carbocycles. The van der Waals surface area contributed by atoms with E-state index in [0.29, 0.717) is 0 Å². The Labute approximate surface area is 289 Å². The summed E-state index contributed by atoms with van der Waals surface area (Å²) in [5.74, 6) is 0. The zero-order valence-electron chi connectivity index (χ0n) is 26.9. The van der Waals surface area contributed by atoms with Crippen molar-refractivity contribution >= 4 is 54.8 Å². The first kappa shape index (κ1) is 28.8. The van der Waals surface area contributed by atoms with E-state index in [-0.39, 0.29) is 5.41 Å². The van der Waals surface area contributed by atoms with E-state index in [9.17, 15) is 0 Å². The minimum absolute atomic E-state index is 0.0785. The van der Waals surface area contributed by atoms with E-state index in [1.54, 1.807) is 0 Å². The van der Waals surface area contributed by atoms with Crippen molar-refractivity contribution in [2.45, 2.75) is 19.3 Å². The topological polar surface area (TPSA) is 8.17 Å². The van der Waals surface area contributed by atoms with Crippen molar-refractivity contribution in [3.63, 3.8) is 0 Å². The zero-order chi connectivity index (χ0) is 32.4. The van der Waals surface area contributed by atoms with E-state index >= 15 is 0 Å². The fourth-order valence-electron chi connectivity index (χ4n) is 7.73. The van der Waals surface area contributed by atoms with Gasteiger partial charge in [-0.3, -0.25) is 0 Å². The van der Waals surface area contributed by atoms with Gasteiger partial charge in [0.2, 0.25) is 0 Å². The van der Waals surface area contributed by atoms with Gasteiger partial charge in [-0.15, -0.1) is 0 Å². The molecule has 0 amide bonds. The number of nitrogens with zero attached hydrogens (tertiary/aromatic N) is 2. The van der Waals surface area contributed by atoms with Crippen LogP contribution in [0.4, 0.5) is 17.1 Å². The Balaban J connectivity index is 1.15. The monoisotopic (exact) mass is 680 g/mol. The molecular weight excluding hydrogens is 648 g/mol. The number of hydrogen-bond acceptors (Lipinski definition) is 1. The highest BCUT2D eigenvalue weighted by atomic mass is 79.9. The molecule has 0 aliphatic heterocycles. The summed E-state index contributed by atoms with van der Waals surface area (Å²) in [6, 6.07) is 59.5. The summed E-state index contributed by atoms with van der Waals surface area (Å²) >= 11 is 3.88. The van der Waals surface area contributed by atoms with Gasteiger partial charge in [0, 0.05) is 43.4 Å². The zero-order valence-corrected chi connectivity index (χ0v) is 28.4. The lowest BCUT2D eigenvalue weighted by molar-refractivity contribution is 0.660. The molecule has 3 heteroatoms. The van der Waals surface area contributed by atoms with Crippen molar-refractivity contribution in [2.75, 3.05) is 4.90 Å². The first-order valence-corrected chi connectivity index (χ1v) is 17.3. The summed E-state index contributed by atoms with van der Waals surface area (Å²) in [6.45, 7) is 4.68. The minimum atomic E-state index is -0.0785. The summed E-state index contributed by atoms with van der Waals surface area (Å²) in [7, 11) is 0. The number of anilines is 3. The van der Waals surface area contributed by atoms with Gasteiger partial charge < -0.3 is 9.47 Å². The largest absolute Gasteiger partial charge is 0.310 e. The number of aromatic nitrogens is 1. The Kier molecular flexibility index (Phi) is 6.67. The average molecular weight is 682 g/mol. The lowest BCUT2D eigenvalue weighted by Gasteiger charge is -2.28. The molecule has 0 radical (unpaired) electrons. The maximum absolute atomic E-state index is 3.88.